The summed E-state index contributed by atoms with van der Waals surface area (Å²) < 4.78 is 31.0. The Kier molecular flexibility index (Phi) is 4.44. The Bertz CT molecular complexity index is 522. The van der Waals surface area contributed by atoms with Gasteiger partial charge < -0.3 is 10.1 Å². The predicted octanol–water partition coefficient (Wildman–Crippen LogP) is 1.39. The Morgan fingerprint density at radius 3 is 2.74 bits per heavy atom. The average molecular weight is 284 g/mol. The predicted molar refractivity (Wildman–Crippen MR) is 74.7 cm³/mol. The average Bonchev–Trinajstić information content (AvgIpc) is 2.89. The highest BCUT2D eigenvalue weighted by molar-refractivity contribution is 7.89. The van der Waals surface area contributed by atoms with Crippen LogP contribution in [0.15, 0.2) is 29.2 Å². The molecule has 1 N–H and O–H groups in total. The van der Waals surface area contributed by atoms with Crippen LogP contribution in [-0.4, -0.2) is 46.6 Å². The first-order valence-corrected chi connectivity index (χ1v) is 7.79. The molecule has 1 aliphatic rings. The van der Waals surface area contributed by atoms with Gasteiger partial charge in [0.15, 0.2) is 0 Å². The fourth-order valence-electron chi connectivity index (χ4n) is 2.03. The van der Waals surface area contributed by atoms with Crippen molar-refractivity contribution in [2.45, 2.75) is 11.3 Å². The number of hydrogen-bond acceptors (Lipinski definition) is 4. The van der Waals surface area contributed by atoms with Crippen molar-refractivity contribution in [3.8, 4) is 0 Å². The van der Waals surface area contributed by atoms with E-state index in [2.05, 4.69) is 5.32 Å². The number of hydrogen-bond donors (Lipinski definition) is 1. The van der Waals surface area contributed by atoms with Crippen molar-refractivity contribution in [2.24, 2.45) is 5.92 Å². The number of nitrogens with zero attached hydrogens (tertiary/aromatic N) is 1. The van der Waals surface area contributed by atoms with Crippen LogP contribution in [0, 0.1) is 5.92 Å². The normalized spacial score (nSPS) is 19.8. The van der Waals surface area contributed by atoms with Gasteiger partial charge in [-0.15, -0.1) is 0 Å². The van der Waals surface area contributed by atoms with Crippen LogP contribution < -0.4 is 5.32 Å². The molecule has 1 atom stereocenters. The van der Waals surface area contributed by atoms with E-state index in [1.54, 1.807) is 18.2 Å². The zero-order valence-electron chi connectivity index (χ0n) is 11.3. The molecule has 0 bridgehead atoms. The van der Waals surface area contributed by atoms with Gasteiger partial charge in [-0.1, -0.05) is 12.1 Å². The largest absolute Gasteiger partial charge is 0.384 e. The van der Waals surface area contributed by atoms with Gasteiger partial charge in [0, 0.05) is 33.2 Å². The highest BCUT2D eigenvalue weighted by Gasteiger charge is 2.22. The van der Waals surface area contributed by atoms with Gasteiger partial charge in [0.2, 0.25) is 10.0 Å². The number of para-hydroxylation sites is 1. The Balaban J connectivity index is 2.16. The molecule has 0 saturated carbocycles. The highest BCUT2D eigenvalue weighted by atomic mass is 32.2. The van der Waals surface area contributed by atoms with E-state index in [-0.39, 0.29) is 0 Å². The summed E-state index contributed by atoms with van der Waals surface area (Å²) in [5.41, 5.74) is 0.656. The topological polar surface area (TPSA) is 58.6 Å². The van der Waals surface area contributed by atoms with Crippen molar-refractivity contribution < 1.29 is 13.2 Å². The van der Waals surface area contributed by atoms with Gasteiger partial charge in [-0.2, -0.15) is 0 Å². The van der Waals surface area contributed by atoms with Gasteiger partial charge in [-0.25, -0.2) is 12.7 Å². The van der Waals surface area contributed by atoms with Crippen molar-refractivity contribution in [1.29, 1.82) is 0 Å². The standard InChI is InChI=1S/C13H20N2O3S/c1-15(2)19(16,17)13-6-4-3-5-12(13)14-9-11-7-8-18-10-11/h3-6,11,14H,7-10H2,1-2H3. The van der Waals surface area contributed by atoms with Gasteiger partial charge in [0.25, 0.3) is 0 Å². The summed E-state index contributed by atoms with van der Waals surface area (Å²) in [5, 5.41) is 3.23. The third-order valence-corrected chi connectivity index (χ3v) is 5.12. The smallest absolute Gasteiger partial charge is 0.244 e. The Morgan fingerprint density at radius 2 is 2.11 bits per heavy atom. The van der Waals surface area contributed by atoms with Crippen LogP contribution >= 0.6 is 0 Å². The van der Waals surface area contributed by atoms with E-state index in [0.717, 1.165) is 26.2 Å². The summed E-state index contributed by atoms with van der Waals surface area (Å²) in [4.78, 5) is 0.318. The number of rotatable bonds is 5. The number of ether oxygens (including phenoxy) is 1. The molecular formula is C13H20N2O3S. The van der Waals surface area contributed by atoms with Crippen molar-refractivity contribution in [3.63, 3.8) is 0 Å². The molecule has 1 heterocycles. The maximum absolute atomic E-state index is 12.2. The molecule has 0 spiro atoms. The Morgan fingerprint density at radius 1 is 1.37 bits per heavy atom. The molecule has 6 heteroatoms. The molecule has 1 unspecified atom stereocenters. The van der Waals surface area contributed by atoms with E-state index in [1.165, 1.54) is 18.4 Å². The van der Waals surface area contributed by atoms with Crippen LogP contribution in [-0.2, 0) is 14.8 Å². The number of benzene rings is 1. The van der Waals surface area contributed by atoms with Crippen molar-refractivity contribution >= 4 is 15.7 Å². The third-order valence-electron chi connectivity index (χ3n) is 3.25. The fourth-order valence-corrected chi connectivity index (χ4v) is 3.09. The molecule has 0 radical (unpaired) electrons. The molecule has 1 fully saturated rings. The van der Waals surface area contributed by atoms with Crippen LogP contribution in [0.25, 0.3) is 0 Å². The monoisotopic (exact) mass is 284 g/mol. The summed E-state index contributed by atoms with van der Waals surface area (Å²) in [6, 6.07) is 7.00. The maximum atomic E-state index is 12.2. The molecule has 5 nitrogen and oxygen atoms in total. The van der Waals surface area contributed by atoms with E-state index in [4.69, 9.17) is 4.74 Å². The van der Waals surface area contributed by atoms with Gasteiger partial charge in [-0.05, 0) is 18.6 Å². The molecule has 0 aromatic heterocycles. The third kappa shape index (κ3) is 3.26. The van der Waals surface area contributed by atoms with Gasteiger partial charge in [-0.3, -0.25) is 0 Å². The van der Waals surface area contributed by atoms with Crippen LogP contribution in [0.4, 0.5) is 5.69 Å². The van der Waals surface area contributed by atoms with Gasteiger partial charge in [0.1, 0.15) is 4.90 Å². The summed E-state index contributed by atoms with van der Waals surface area (Å²) in [5.74, 6) is 0.454. The molecule has 1 aromatic rings. The first-order chi connectivity index (χ1) is 9.01. The Hall–Kier alpha value is -1.11. The lowest BCUT2D eigenvalue weighted by Gasteiger charge is -2.17. The van der Waals surface area contributed by atoms with Crippen molar-refractivity contribution in [1.82, 2.24) is 4.31 Å². The summed E-state index contributed by atoms with van der Waals surface area (Å²) in [7, 11) is -0.336. The molecule has 2 rings (SSSR count). The zero-order valence-corrected chi connectivity index (χ0v) is 12.1. The molecule has 1 aromatic carbocycles. The minimum absolute atomic E-state index is 0.318. The molecule has 19 heavy (non-hydrogen) atoms. The molecule has 0 aliphatic carbocycles. The quantitative estimate of drug-likeness (QED) is 0.887. The summed E-state index contributed by atoms with van der Waals surface area (Å²) in [6.45, 7) is 2.28. The van der Waals surface area contributed by atoms with E-state index < -0.39 is 10.0 Å². The molecule has 1 aliphatic heterocycles. The van der Waals surface area contributed by atoms with Crippen LogP contribution in [0.1, 0.15) is 6.42 Å². The lowest BCUT2D eigenvalue weighted by Crippen LogP contribution is -2.24. The van der Waals surface area contributed by atoms with Gasteiger partial charge >= 0.3 is 0 Å². The lowest BCUT2D eigenvalue weighted by molar-refractivity contribution is 0.187. The second-order valence-corrected chi connectivity index (χ2v) is 7.01. The Labute approximate surface area is 114 Å². The van der Waals surface area contributed by atoms with Crippen LogP contribution in [0.2, 0.25) is 0 Å². The number of anilines is 1. The molecular weight excluding hydrogens is 264 g/mol. The number of nitrogens with one attached hydrogen (secondary N) is 1. The minimum atomic E-state index is -3.41. The van der Waals surface area contributed by atoms with E-state index in [1.807, 2.05) is 6.07 Å². The first kappa shape index (κ1) is 14.3. The van der Waals surface area contributed by atoms with Crippen LogP contribution in [0.5, 0.6) is 0 Å². The molecule has 1 saturated heterocycles. The summed E-state index contributed by atoms with van der Waals surface area (Å²) >= 11 is 0. The minimum Gasteiger partial charge on any atom is -0.384 e. The lowest BCUT2D eigenvalue weighted by atomic mass is 10.1. The van der Waals surface area contributed by atoms with Crippen LogP contribution in [0.3, 0.4) is 0 Å². The second kappa shape index (κ2) is 5.90. The second-order valence-electron chi connectivity index (χ2n) is 4.89. The van der Waals surface area contributed by atoms with E-state index in [0.29, 0.717) is 16.5 Å². The van der Waals surface area contributed by atoms with E-state index >= 15 is 0 Å². The number of sulfonamides is 1. The SMILES string of the molecule is CN(C)S(=O)(=O)c1ccccc1NCC1CCOC1. The molecule has 0 amide bonds. The maximum Gasteiger partial charge on any atom is 0.244 e. The zero-order chi connectivity index (χ0) is 13.9. The first-order valence-electron chi connectivity index (χ1n) is 6.35. The highest BCUT2D eigenvalue weighted by Crippen LogP contribution is 2.24. The molecule has 106 valence electrons. The van der Waals surface area contributed by atoms with E-state index in [9.17, 15) is 8.42 Å². The van der Waals surface area contributed by atoms with Crippen molar-refractivity contribution in [2.75, 3.05) is 39.2 Å². The van der Waals surface area contributed by atoms with Crippen molar-refractivity contribution in [3.05, 3.63) is 24.3 Å². The van der Waals surface area contributed by atoms with Gasteiger partial charge in [0.05, 0.1) is 12.3 Å². The summed E-state index contributed by atoms with van der Waals surface area (Å²) in [6.07, 6.45) is 1.02. The fraction of sp³-hybridized carbons (Fsp3) is 0.538.